The van der Waals surface area contributed by atoms with Crippen molar-refractivity contribution in [2.75, 3.05) is 6.54 Å². The van der Waals surface area contributed by atoms with Gasteiger partial charge in [-0.2, -0.15) is 0 Å². The number of aryl methyl sites for hydroxylation is 1. The predicted molar refractivity (Wildman–Crippen MR) is 75.9 cm³/mol. The molecule has 1 unspecified atom stereocenters. The van der Waals surface area contributed by atoms with Gasteiger partial charge < -0.3 is 5.32 Å². The summed E-state index contributed by atoms with van der Waals surface area (Å²) < 4.78 is 0. The number of aromatic nitrogens is 2. The van der Waals surface area contributed by atoms with Crippen LogP contribution in [-0.2, 0) is 12.8 Å². The van der Waals surface area contributed by atoms with Gasteiger partial charge in [0.05, 0.1) is 0 Å². The van der Waals surface area contributed by atoms with E-state index in [9.17, 15) is 0 Å². The quantitative estimate of drug-likeness (QED) is 0.868. The lowest BCUT2D eigenvalue weighted by Crippen LogP contribution is -2.22. The first-order valence-electron chi connectivity index (χ1n) is 6.39. The van der Waals surface area contributed by atoms with Crippen LogP contribution in [0.4, 0.5) is 0 Å². The fourth-order valence-electron chi connectivity index (χ4n) is 1.97. The van der Waals surface area contributed by atoms with Crippen LogP contribution >= 0.6 is 11.3 Å². The number of nitrogens with zero attached hydrogens (tertiary/aromatic N) is 2. The molecule has 18 heavy (non-hydrogen) atoms. The zero-order valence-corrected chi connectivity index (χ0v) is 11.7. The lowest BCUT2D eigenvalue weighted by atomic mass is 10.1. The molecule has 1 atom stereocenters. The van der Waals surface area contributed by atoms with Crippen LogP contribution in [0, 0.1) is 0 Å². The molecular weight excluding hydrogens is 242 g/mol. The molecule has 0 radical (unpaired) electrons. The Labute approximate surface area is 112 Å². The SMILES string of the molecule is CCNC(Cc1ccc(CC)s1)c1cncnc1. The summed E-state index contributed by atoms with van der Waals surface area (Å²) in [5, 5.41) is 3.50. The van der Waals surface area contributed by atoms with Crippen molar-refractivity contribution in [3.05, 3.63) is 46.2 Å². The van der Waals surface area contributed by atoms with Gasteiger partial charge in [0, 0.05) is 40.2 Å². The van der Waals surface area contributed by atoms with Crippen LogP contribution in [0.15, 0.2) is 30.9 Å². The van der Waals surface area contributed by atoms with Crippen LogP contribution in [-0.4, -0.2) is 16.5 Å². The fourth-order valence-corrected chi connectivity index (χ4v) is 2.97. The highest BCUT2D eigenvalue weighted by Gasteiger charge is 2.12. The first-order valence-corrected chi connectivity index (χ1v) is 7.21. The average Bonchev–Trinajstić information content (AvgIpc) is 2.87. The molecule has 2 aromatic heterocycles. The maximum absolute atomic E-state index is 4.10. The van der Waals surface area contributed by atoms with E-state index in [1.807, 2.05) is 23.7 Å². The van der Waals surface area contributed by atoms with E-state index in [-0.39, 0.29) is 0 Å². The van der Waals surface area contributed by atoms with E-state index in [0.717, 1.165) is 24.9 Å². The molecule has 2 heterocycles. The van der Waals surface area contributed by atoms with Gasteiger partial charge in [-0.25, -0.2) is 9.97 Å². The van der Waals surface area contributed by atoms with Gasteiger partial charge in [-0.15, -0.1) is 11.3 Å². The van der Waals surface area contributed by atoms with Crippen molar-refractivity contribution < 1.29 is 0 Å². The highest BCUT2D eigenvalue weighted by Crippen LogP contribution is 2.23. The van der Waals surface area contributed by atoms with Crippen LogP contribution in [0.1, 0.15) is 35.2 Å². The van der Waals surface area contributed by atoms with Gasteiger partial charge in [-0.3, -0.25) is 0 Å². The minimum Gasteiger partial charge on any atom is -0.310 e. The second kappa shape index (κ2) is 6.61. The minimum atomic E-state index is 0.305. The minimum absolute atomic E-state index is 0.305. The Morgan fingerprint density at radius 1 is 1.17 bits per heavy atom. The molecule has 0 aliphatic carbocycles. The van der Waals surface area contributed by atoms with Crippen molar-refractivity contribution in [2.24, 2.45) is 0 Å². The third-order valence-electron chi connectivity index (χ3n) is 2.90. The van der Waals surface area contributed by atoms with Crippen molar-refractivity contribution in [1.82, 2.24) is 15.3 Å². The molecule has 0 bridgehead atoms. The Morgan fingerprint density at radius 2 is 1.89 bits per heavy atom. The van der Waals surface area contributed by atoms with E-state index in [4.69, 9.17) is 0 Å². The molecule has 1 N–H and O–H groups in total. The van der Waals surface area contributed by atoms with Crippen LogP contribution < -0.4 is 5.32 Å². The molecule has 0 amide bonds. The Kier molecular flexibility index (Phi) is 4.84. The maximum atomic E-state index is 4.10. The van der Waals surface area contributed by atoms with Gasteiger partial charge in [-0.1, -0.05) is 13.8 Å². The Morgan fingerprint density at radius 3 is 2.50 bits per heavy atom. The zero-order valence-electron chi connectivity index (χ0n) is 10.9. The summed E-state index contributed by atoms with van der Waals surface area (Å²) in [7, 11) is 0. The Bertz CT molecular complexity index is 467. The van der Waals surface area contributed by atoms with E-state index in [2.05, 4.69) is 41.3 Å². The summed E-state index contributed by atoms with van der Waals surface area (Å²) in [4.78, 5) is 11.1. The van der Waals surface area contributed by atoms with Gasteiger partial charge >= 0.3 is 0 Å². The Balaban J connectivity index is 2.11. The van der Waals surface area contributed by atoms with E-state index < -0.39 is 0 Å². The maximum Gasteiger partial charge on any atom is 0.115 e. The van der Waals surface area contributed by atoms with Gasteiger partial charge in [0.2, 0.25) is 0 Å². The lowest BCUT2D eigenvalue weighted by molar-refractivity contribution is 0.549. The van der Waals surface area contributed by atoms with E-state index in [1.165, 1.54) is 9.75 Å². The van der Waals surface area contributed by atoms with Crippen molar-refractivity contribution in [1.29, 1.82) is 0 Å². The fraction of sp³-hybridized carbons (Fsp3) is 0.429. The molecule has 0 saturated heterocycles. The van der Waals surface area contributed by atoms with Crippen molar-refractivity contribution in [2.45, 2.75) is 32.7 Å². The number of nitrogens with one attached hydrogen (secondary N) is 1. The monoisotopic (exact) mass is 261 g/mol. The van der Waals surface area contributed by atoms with Crippen molar-refractivity contribution in [3.63, 3.8) is 0 Å². The zero-order chi connectivity index (χ0) is 12.8. The molecule has 96 valence electrons. The molecule has 0 aromatic carbocycles. The second-order valence-corrected chi connectivity index (χ2v) is 5.46. The first kappa shape index (κ1) is 13.2. The van der Waals surface area contributed by atoms with Crippen molar-refractivity contribution in [3.8, 4) is 0 Å². The predicted octanol–water partition coefficient (Wildman–Crippen LogP) is 2.99. The molecule has 2 rings (SSSR count). The standard InChI is InChI=1S/C14H19N3S/c1-3-12-5-6-13(18-12)7-14(17-4-2)11-8-15-10-16-9-11/h5-6,8-10,14,17H,3-4,7H2,1-2H3. The number of rotatable bonds is 6. The summed E-state index contributed by atoms with van der Waals surface area (Å²) in [6.07, 6.45) is 7.49. The average molecular weight is 261 g/mol. The number of thiophene rings is 1. The van der Waals surface area contributed by atoms with Gasteiger partial charge in [0.25, 0.3) is 0 Å². The Hall–Kier alpha value is -1.26. The summed E-state index contributed by atoms with van der Waals surface area (Å²) >= 11 is 1.90. The molecule has 4 heteroatoms. The second-order valence-electron chi connectivity index (χ2n) is 4.21. The number of hydrogen-bond acceptors (Lipinski definition) is 4. The molecule has 0 aliphatic rings. The number of hydrogen-bond donors (Lipinski definition) is 1. The number of likely N-dealkylation sites (N-methyl/N-ethyl adjacent to an activating group) is 1. The summed E-state index contributed by atoms with van der Waals surface area (Å²) in [6, 6.07) is 4.77. The lowest BCUT2D eigenvalue weighted by Gasteiger charge is -2.16. The molecule has 0 aliphatic heterocycles. The van der Waals surface area contributed by atoms with Gasteiger partial charge in [0.1, 0.15) is 6.33 Å². The molecular formula is C14H19N3S. The molecule has 2 aromatic rings. The third-order valence-corrected chi connectivity index (χ3v) is 4.16. The first-order chi connectivity index (χ1) is 8.83. The van der Waals surface area contributed by atoms with Gasteiger partial charge in [0.15, 0.2) is 0 Å². The largest absolute Gasteiger partial charge is 0.310 e. The van der Waals surface area contributed by atoms with Crippen LogP contribution in [0.25, 0.3) is 0 Å². The van der Waals surface area contributed by atoms with E-state index >= 15 is 0 Å². The summed E-state index contributed by atoms with van der Waals surface area (Å²) in [5.41, 5.74) is 1.16. The van der Waals surface area contributed by atoms with E-state index in [0.29, 0.717) is 6.04 Å². The highest BCUT2D eigenvalue weighted by atomic mass is 32.1. The van der Waals surface area contributed by atoms with Crippen LogP contribution in [0.5, 0.6) is 0 Å². The van der Waals surface area contributed by atoms with Crippen LogP contribution in [0.3, 0.4) is 0 Å². The van der Waals surface area contributed by atoms with Gasteiger partial charge in [-0.05, 0) is 25.1 Å². The third kappa shape index (κ3) is 3.37. The summed E-state index contributed by atoms with van der Waals surface area (Å²) in [5.74, 6) is 0. The molecule has 0 spiro atoms. The molecule has 0 fully saturated rings. The summed E-state index contributed by atoms with van der Waals surface area (Å²) in [6.45, 7) is 5.27. The van der Waals surface area contributed by atoms with Crippen LogP contribution in [0.2, 0.25) is 0 Å². The van der Waals surface area contributed by atoms with E-state index in [1.54, 1.807) is 6.33 Å². The molecule has 3 nitrogen and oxygen atoms in total. The van der Waals surface area contributed by atoms with Crippen molar-refractivity contribution >= 4 is 11.3 Å². The smallest absolute Gasteiger partial charge is 0.115 e. The molecule has 0 saturated carbocycles. The normalized spacial score (nSPS) is 12.6. The highest BCUT2D eigenvalue weighted by molar-refractivity contribution is 7.11. The topological polar surface area (TPSA) is 37.8 Å².